The number of carbonyl (C=O) groups is 12. The highest BCUT2D eigenvalue weighted by atomic mass is 35.5. The third-order valence-electron chi connectivity index (χ3n) is 28.0. The van der Waals surface area contributed by atoms with Crippen molar-refractivity contribution in [1.29, 1.82) is 0 Å². The highest BCUT2D eigenvalue weighted by Gasteiger charge is 2.54. The molecule has 726 valence electrons. The number of hydrogen-bond acceptors (Lipinski definition) is 20. The molecule has 1 unspecified atom stereocenters. The van der Waals surface area contributed by atoms with Crippen molar-refractivity contribution in [3.63, 3.8) is 0 Å². The lowest BCUT2D eigenvalue weighted by Gasteiger charge is -2.43. The minimum absolute atomic E-state index is 0.0517. The monoisotopic (exact) mass is 1950 g/mol. The Morgan fingerprint density at radius 3 is 1.06 bits per heavy atom. The highest BCUT2D eigenvalue weighted by molar-refractivity contribution is 6.32. The third-order valence-corrected chi connectivity index (χ3v) is 28.9. The minimum atomic E-state index is -0.760. The maximum atomic E-state index is 13.5. The number of primary amides is 1. The molecule has 4 saturated carbocycles. The van der Waals surface area contributed by atoms with Gasteiger partial charge in [0, 0.05) is 140 Å². The number of H-pyrrole nitrogens is 4. The molecule has 4 aromatic heterocycles. The number of methoxy groups -OCH3 is 3. The summed E-state index contributed by atoms with van der Waals surface area (Å²) in [4.78, 5) is 193. The van der Waals surface area contributed by atoms with E-state index >= 15 is 0 Å². The summed E-state index contributed by atoms with van der Waals surface area (Å²) in [6.45, 7) is 11.2. The first kappa shape index (κ1) is 100. The van der Waals surface area contributed by atoms with Crippen LogP contribution in [0.2, 0.25) is 20.1 Å². The fourth-order valence-electron chi connectivity index (χ4n) is 20.7. The van der Waals surface area contributed by atoms with Crippen molar-refractivity contribution in [3.8, 4) is 0 Å². The number of anilines is 4. The quantitative estimate of drug-likeness (QED) is 0.0254. The Labute approximate surface area is 808 Å². The van der Waals surface area contributed by atoms with E-state index in [4.69, 9.17) is 71.1 Å². The number of nitrogens with one attached hydrogen (secondary N) is 9. The van der Waals surface area contributed by atoms with Crippen LogP contribution in [0.1, 0.15) is 233 Å². The van der Waals surface area contributed by atoms with Crippen LogP contribution in [0, 0.1) is 21.7 Å². The van der Waals surface area contributed by atoms with Crippen molar-refractivity contribution in [1.82, 2.24) is 76.3 Å². The number of nitrogens with zero attached hydrogens (tertiary/aromatic N) is 10. The summed E-state index contributed by atoms with van der Waals surface area (Å²) in [5.41, 5.74) is 7.82. The van der Waals surface area contributed by atoms with E-state index in [1.807, 2.05) is 113 Å². The number of carbonyl (C=O) groups excluding carboxylic acids is 12. The number of amides is 12. The fourth-order valence-corrected chi connectivity index (χ4v) is 21.4. The van der Waals surface area contributed by atoms with Gasteiger partial charge in [0.05, 0.1) is 86.0 Å². The average molecular weight is 1950 g/mol. The second-order valence-electron chi connectivity index (χ2n) is 36.8. The number of aromatic nitrogens is 8. The zero-order valence-corrected chi connectivity index (χ0v) is 80.1. The van der Waals surface area contributed by atoms with Gasteiger partial charge in [0.1, 0.15) is 22.8 Å². The summed E-state index contributed by atoms with van der Waals surface area (Å²) >= 11 is 24.5. The third kappa shape index (κ3) is 22.8. The molecule has 5 saturated heterocycles. The van der Waals surface area contributed by atoms with Crippen LogP contribution in [0.15, 0.2) is 122 Å². The van der Waals surface area contributed by atoms with Gasteiger partial charge in [-0.2, -0.15) is 0 Å². The number of ether oxygens (including phenoxy) is 4. The zero-order chi connectivity index (χ0) is 96.8. The van der Waals surface area contributed by atoms with Crippen LogP contribution in [-0.4, -0.2) is 256 Å². The molecule has 136 heavy (non-hydrogen) atoms. The van der Waals surface area contributed by atoms with Crippen molar-refractivity contribution in [2.24, 2.45) is 27.4 Å². The summed E-state index contributed by atoms with van der Waals surface area (Å²) in [6.07, 6.45) is 19.7. The van der Waals surface area contributed by atoms with Crippen molar-refractivity contribution < 1.29 is 76.5 Å². The molecule has 4 aliphatic carbocycles. The Hall–Kier alpha value is -11.6. The number of hydrogen-bond donors (Lipinski definition) is 10. The van der Waals surface area contributed by atoms with E-state index in [1.54, 1.807) is 55.4 Å². The van der Waals surface area contributed by atoms with Gasteiger partial charge in [-0.15, -0.1) is 0 Å². The summed E-state index contributed by atoms with van der Waals surface area (Å²) in [5, 5.41) is 17.0. The molecule has 17 rings (SSSR count). The average Bonchev–Trinajstić information content (AvgIpc) is 1.52. The molecule has 4 spiro atoms. The van der Waals surface area contributed by atoms with Crippen LogP contribution in [0.5, 0.6) is 0 Å². The van der Waals surface area contributed by atoms with E-state index < -0.39 is 23.1 Å². The molecule has 8 aromatic rings. The Morgan fingerprint density at radius 2 is 0.728 bits per heavy atom. The zero-order valence-electron chi connectivity index (χ0n) is 77.1. The normalized spacial score (nSPS) is 23.7. The second kappa shape index (κ2) is 44.7. The largest absolute Gasteiger partial charge is 0.383 e. The molecule has 0 bridgehead atoms. The molecule has 36 nitrogen and oxygen atoms in total. The van der Waals surface area contributed by atoms with Crippen molar-refractivity contribution in [3.05, 3.63) is 188 Å². The topological polar surface area (TPSA) is 462 Å². The molecule has 3 atom stereocenters. The molecule has 0 radical (unpaired) electrons. The second-order valence-corrected chi connectivity index (χ2v) is 38.5. The first-order valence-electron chi connectivity index (χ1n) is 46.3. The molecular formula is C96H118Cl4N20O16. The number of morpholine rings is 1. The minimum Gasteiger partial charge on any atom is -0.383 e. The summed E-state index contributed by atoms with van der Waals surface area (Å²) in [7, 11) is 4.69. The van der Waals surface area contributed by atoms with Gasteiger partial charge in [0.25, 0.3) is 47.3 Å². The summed E-state index contributed by atoms with van der Waals surface area (Å²) < 4.78 is 20.7. The highest BCUT2D eigenvalue weighted by Crippen LogP contribution is 2.51. The molecule has 12 amide bonds. The Kier molecular flexibility index (Phi) is 32.9. The molecule has 9 aliphatic rings. The van der Waals surface area contributed by atoms with Crippen LogP contribution < -0.4 is 51.9 Å². The number of imidazole rings is 4. The standard InChI is InChI=1S/C24H28ClN5O4.3C24H30ClN5O4/c25-16-2-1-3-18(14-16)30-9-8-24(23(30)33)6-4-17(5-7-24)28-21(31)19-20(27-15-26-19)22(32)29-10-12-34-13-11-29;1-15(13-34-2)30(22(32)20-19(21(26)31)27-14-28-20)17-6-8-24(9-7-17)10-11-29(23(24)33)18-5-3-4-16(25)12-18;2*1-15(13-34-2)28-21(31)19-20(27-14-26-19)22(32)29-17-6-8-24(9-7-17)10-11-30(23(24)33)18-5-3-4-16(25)12-18/h1-3,14-15,17H,4-13H2,(H,26,27)(H,28,31);3-5,12,14-15,17H,6-11,13H2,1-2H3,(H2,26,31)(H,27,28);2*3-5,12,14-15,17H,6-11,13H2,1-2H3,(H,26,27)(H,28,31)(H,29,32)/t;;2*15-,17?,24?/m..10/s1. The van der Waals surface area contributed by atoms with E-state index in [9.17, 15) is 57.5 Å². The van der Waals surface area contributed by atoms with Gasteiger partial charge in [-0.25, -0.2) is 19.9 Å². The van der Waals surface area contributed by atoms with Crippen LogP contribution in [-0.2, 0) is 38.1 Å². The van der Waals surface area contributed by atoms with Crippen LogP contribution in [0.4, 0.5) is 22.7 Å². The number of aromatic amines is 4. The van der Waals surface area contributed by atoms with Crippen molar-refractivity contribution in [2.75, 3.05) is 113 Å². The van der Waals surface area contributed by atoms with Gasteiger partial charge in [0.15, 0.2) is 22.8 Å². The number of benzene rings is 4. The Morgan fingerprint density at radius 1 is 0.419 bits per heavy atom. The fraction of sp³-hybridized carbons (Fsp3) is 0.500. The molecule has 9 fully saturated rings. The smallest absolute Gasteiger partial charge is 0.273 e. The first-order chi connectivity index (χ1) is 65.4. The van der Waals surface area contributed by atoms with E-state index in [2.05, 4.69) is 66.5 Å². The molecule has 11 N–H and O–H groups in total. The van der Waals surface area contributed by atoms with Crippen molar-refractivity contribution >= 4 is 140 Å². The maximum absolute atomic E-state index is 13.5. The van der Waals surface area contributed by atoms with Crippen LogP contribution in [0.25, 0.3) is 0 Å². The molecule has 40 heteroatoms. The number of rotatable bonds is 25. The predicted octanol–water partition coefficient (Wildman–Crippen LogP) is 11.5. The van der Waals surface area contributed by atoms with E-state index in [-0.39, 0.29) is 157 Å². The van der Waals surface area contributed by atoms with Crippen LogP contribution >= 0.6 is 46.4 Å². The molecule has 4 aromatic carbocycles. The maximum Gasteiger partial charge on any atom is 0.273 e. The van der Waals surface area contributed by atoms with Gasteiger partial charge in [0.2, 0.25) is 23.6 Å². The molecule has 5 aliphatic heterocycles. The van der Waals surface area contributed by atoms with Crippen LogP contribution in [0.3, 0.4) is 0 Å². The van der Waals surface area contributed by atoms with E-state index in [0.717, 1.165) is 48.4 Å². The number of halogens is 4. The lowest BCUT2D eigenvalue weighted by atomic mass is 9.71. The molecule has 9 heterocycles. The van der Waals surface area contributed by atoms with Gasteiger partial charge in [-0.3, -0.25) is 57.5 Å². The van der Waals surface area contributed by atoms with Gasteiger partial charge in [-0.05, 0) is 222 Å². The summed E-state index contributed by atoms with van der Waals surface area (Å²) in [6, 6.07) is 28.5. The summed E-state index contributed by atoms with van der Waals surface area (Å²) in [5.74, 6) is -2.78. The van der Waals surface area contributed by atoms with Gasteiger partial charge >= 0.3 is 0 Å². The van der Waals surface area contributed by atoms with E-state index in [0.29, 0.717) is 195 Å². The van der Waals surface area contributed by atoms with Gasteiger partial charge < -0.3 is 101 Å². The molecular weight excluding hydrogens is 1830 g/mol. The van der Waals surface area contributed by atoms with E-state index in [1.165, 1.54) is 25.3 Å². The Bertz CT molecular complexity index is 5480. The Balaban J connectivity index is 0.000000145. The predicted molar refractivity (Wildman–Crippen MR) is 510 cm³/mol. The first-order valence-corrected chi connectivity index (χ1v) is 47.9. The SMILES string of the molecule is COCC(C)N(C(=O)c1[nH]cnc1C(N)=O)C1CCC2(CC1)CCN(c1cccc(Cl)c1)C2=O.COC[C@@H](C)NC(=O)c1nc[nH]c1C(=O)NC1CCC2(CC1)CCN(c1cccc(Cl)c1)C2=O.COC[C@H](C)NC(=O)c1nc[nH]c1C(=O)NC1CCC2(CC1)CCN(c1cccc(Cl)c1)C2=O.O=C(NC1CCC2(CC1)CCN(c1cccc(Cl)c1)C2=O)c1nc[nH]c1C(=O)N1CCOCC1. The van der Waals surface area contributed by atoms with Gasteiger partial charge in [-0.1, -0.05) is 70.7 Å². The lowest BCUT2D eigenvalue weighted by Crippen LogP contribution is -2.51. The number of nitrogens with two attached hydrogens (primary N) is 1. The lowest BCUT2D eigenvalue weighted by molar-refractivity contribution is -0.128. The van der Waals surface area contributed by atoms with Crippen molar-refractivity contribution in [2.45, 2.75) is 191 Å².